The Hall–Kier alpha value is -0.610. The number of aliphatic hydroxyl groups excluding tert-OH is 1. The lowest BCUT2D eigenvalue weighted by molar-refractivity contribution is -0.145. The maximum absolute atomic E-state index is 11.5. The van der Waals surface area contributed by atoms with Crippen molar-refractivity contribution in [3.63, 3.8) is 0 Å². The van der Waals surface area contributed by atoms with Crippen molar-refractivity contribution in [2.24, 2.45) is 5.92 Å². The highest BCUT2D eigenvalue weighted by Crippen LogP contribution is 2.14. The van der Waals surface area contributed by atoms with E-state index in [9.17, 15) is 4.79 Å². The predicted molar refractivity (Wildman–Crippen MR) is 108 cm³/mol. The molecule has 1 N–H and O–H groups in total. The van der Waals surface area contributed by atoms with Crippen LogP contribution in [0.15, 0.2) is 0 Å². The third-order valence-corrected chi connectivity index (χ3v) is 4.64. The molecule has 0 aromatic rings. The van der Waals surface area contributed by atoms with Gasteiger partial charge in [-0.25, -0.2) is 0 Å². The van der Waals surface area contributed by atoms with Crippen molar-refractivity contribution in [3.05, 3.63) is 0 Å². The number of aliphatic hydroxyl groups is 1. The first-order valence-electron chi connectivity index (χ1n) is 11.0. The average molecular weight is 373 g/mol. The van der Waals surface area contributed by atoms with Crippen molar-refractivity contribution >= 4 is 5.97 Å². The number of rotatable bonds is 20. The number of hydrogen-bond donors (Lipinski definition) is 1. The highest BCUT2D eigenvalue weighted by Gasteiger charge is 2.02. The molecule has 0 atom stereocenters. The van der Waals surface area contributed by atoms with Gasteiger partial charge < -0.3 is 14.6 Å². The molecule has 26 heavy (non-hydrogen) atoms. The number of hydrogen-bond acceptors (Lipinski definition) is 4. The molecule has 0 spiro atoms. The Morgan fingerprint density at radius 2 is 1.23 bits per heavy atom. The molecular formula is C22H44O4. The average Bonchev–Trinajstić information content (AvgIpc) is 2.61. The molecule has 0 saturated heterocycles. The maximum Gasteiger partial charge on any atom is 0.305 e. The number of ether oxygens (including phenoxy) is 2. The minimum Gasteiger partial charge on any atom is -0.463 e. The molecule has 0 aromatic heterocycles. The topological polar surface area (TPSA) is 55.8 Å². The van der Waals surface area contributed by atoms with E-state index >= 15 is 0 Å². The summed E-state index contributed by atoms with van der Waals surface area (Å²) >= 11 is 0. The van der Waals surface area contributed by atoms with Crippen LogP contribution in [0.25, 0.3) is 0 Å². The summed E-state index contributed by atoms with van der Waals surface area (Å²) in [5.74, 6) is 0.726. The molecule has 0 aliphatic rings. The normalized spacial score (nSPS) is 11.2. The van der Waals surface area contributed by atoms with Crippen molar-refractivity contribution in [1.29, 1.82) is 0 Å². The lowest BCUT2D eigenvalue weighted by Gasteiger charge is -2.06. The lowest BCUT2D eigenvalue weighted by Crippen LogP contribution is -2.11. The number of unbranched alkanes of at least 4 members (excludes halogenated alkanes) is 11. The van der Waals surface area contributed by atoms with Crippen molar-refractivity contribution in [2.75, 3.05) is 26.4 Å². The van der Waals surface area contributed by atoms with Gasteiger partial charge in [0.05, 0.1) is 19.8 Å². The van der Waals surface area contributed by atoms with E-state index in [2.05, 4.69) is 13.8 Å². The fourth-order valence-electron chi connectivity index (χ4n) is 3.04. The van der Waals surface area contributed by atoms with Crippen LogP contribution in [-0.2, 0) is 14.3 Å². The third-order valence-electron chi connectivity index (χ3n) is 4.64. The summed E-state index contributed by atoms with van der Waals surface area (Å²) in [5, 5.41) is 8.54. The summed E-state index contributed by atoms with van der Waals surface area (Å²) in [7, 11) is 0. The Morgan fingerprint density at radius 3 is 1.73 bits per heavy atom. The zero-order chi connectivity index (χ0) is 19.3. The molecular weight excluding hydrogens is 328 g/mol. The van der Waals surface area contributed by atoms with Crippen LogP contribution in [0, 0.1) is 5.92 Å². The summed E-state index contributed by atoms with van der Waals surface area (Å²) in [6.07, 6.45) is 17.6. The van der Waals surface area contributed by atoms with Crippen molar-refractivity contribution < 1.29 is 19.4 Å². The van der Waals surface area contributed by atoms with Gasteiger partial charge in [-0.3, -0.25) is 4.79 Å². The van der Waals surface area contributed by atoms with Crippen LogP contribution >= 0.6 is 0 Å². The van der Waals surface area contributed by atoms with E-state index < -0.39 is 0 Å². The minimum absolute atomic E-state index is 0.00634. The van der Waals surface area contributed by atoms with Crippen LogP contribution in [0.5, 0.6) is 0 Å². The predicted octanol–water partition coefficient (Wildman–Crippen LogP) is 5.66. The molecule has 0 amide bonds. The SMILES string of the molecule is CC(C)CCCCCCCCCCCCCCC(=O)OCCOCCO. The van der Waals surface area contributed by atoms with Crippen molar-refractivity contribution in [1.82, 2.24) is 0 Å². The van der Waals surface area contributed by atoms with Crippen LogP contribution in [0.3, 0.4) is 0 Å². The molecule has 0 fully saturated rings. The quantitative estimate of drug-likeness (QED) is 0.221. The highest BCUT2D eigenvalue weighted by molar-refractivity contribution is 5.69. The van der Waals surface area contributed by atoms with E-state index in [-0.39, 0.29) is 19.2 Å². The van der Waals surface area contributed by atoms with Gasteiger partial charge in [-0.1, -0.05) is 90.9 Å². The first-order chi connectivity index (χ1) is 12.7. The van der Waals surface area contributed by atoms with Gasteiger partial charge in [-0.15, -0.1) is 0 Å². The van der Waals surface area contributed by atoms with Crippen molar-refractivity contribution in [3.8, 4) is 0 Å². The van der Waals surface area contributed by atoms with Gasteiger partial charge in [0.2, 0.25) is 0 Å². The Bertz CT molecular complexity index is 292. The van der Waals surface area contributed by atoms with E-state index in [1.54, 1.807) is 0 Å². The Morgan fingerprint density at radius 1 is 0.731 bits per heavy atom. The fraction of sp³-hybridized carbons (Fsp3) is 0.955. The molecule has 0 aliphatic heterocycles. The molecule has 0 aliphatic carbocycles. The van der Waals surface area contributed by atoms with Gasteiger partial charge in [0.15, 0.2) is 0 Å². The van der Waals surface area contributed by atoms with Gasteiger partial charge in [-0.05, 0) is 12.3 Å². The van der Waals surface area contributed by atoms with Crippen LogP contribution in [0.4, 0.5) is 0 Å². The molecule has 4 heteroatoms. The lowest BCUT2D eigenvalue weighted by atomic mass is 10.0. The summed E-state index contributed by atoms with van der Waals surface area (Å²) in [6.45, 7) is 5.58. The molecule has 156 valence electrons. The van der Waals surface area contributed by atoms with E-state index in [4.69, 9.17) is 14.6 Å². The Kier molecular flexibility index (Phi) is 20.2. The fourth-order valence-corrected chi connectivity index (χ4v) is 3.04. The number of carbonyl (C=O) groups excluding carboxylic acids is 1. The monoisotopic (exact) mass is 372 g/mol. The van der Waals surface area contributed by atoms with Crippen molar-refractivity contribution in [2.45, 2.75) is 104 Å². The smallest absolute Gasteiger partial charge is 0.305 e. The molecule has 0 aromatic carbocycles. The molecule has 0 bridgehead atoms. The van der Waals surface area contributed by atoms with Gasteiger partial charge >= 0.3 is 5.97 Å². The number of esters is 1. The molecule has 0 rings (SSSR count). The second-order valence-electron chi connectivity index (χ2n) is 7.73. The number of carbonyl (C=O) groups is 1. The first-order valence-corrected chi connectivity index (χ1v) is 11.0. The molecule has 0 unspecified atom stereocenters. The van der Waals surface area contributed by atoms with Gasteiger partial charge in [0.25, 0.3) is 0 Å². The Labute approximate surface area is 162 Å². The summed E-state index contributed by atoms with van der Waals surface area (Å²) in [5.41, 5.74) is 0. The largest absolute Gasteiger partial charge is 0.463 e. The first kappa shape index (κ1) is 25.4. The van der Waals surface area contributed by atoms with Gasteiger partial charge in [0, 0.05) is 6.42 Å². The zero-order valence-electron chi connectivity index (χ0n) is 17.5. The van der Waals surface area contributed by atoms with Crippen LogP contribution in [0.1, 0.15) is 104 Å². The molecule has 0 saturated carbocycles. The van der Waals surface area contributed by atoms with E-state index in [0.717, 1.165) is 18.8 Å². The van der Waals surface area contributed by atoms with Gasteiger partial charge in [0.1, 0.15) is 6.61 Å². The zero-order valence-corrected chi connectivity index (χ0v) is 17.5. The second kappa shape index (κ2) is 20.7. The Balaban J connectivity index is 3.11. The molecule has 0 heterocycles. The summed E-state index contributed by atoms with van der Waals surface area (Å²) in [4.78, 5) is 11.5. The highest BCUT2D eigenvalue weighted by atomic mass is 16.6. The minimum atomic E-state index is -0.133. The van der Waals surface area contributed by atoms with E-state index in [1.807, 2.05) is 0 Å². The van der Waals surface area contributed by atoms with E-state index in [1.165, 1.54) is 70.6 Å². The van der Waals surface area contributed by atoms with Crippen LogP contribution < -0.4 is 0 Å². The standard InChI is InChI=1S/C22H44O4/c1-21(2)15-13-11-9-7-5-3-4-6-8-10-12-14-16-22(24)26-20-19-25-18-17-23/h21,23H,3-20H2,1-2H3. The van der Waals surface area contributed by atoms with Gasteiger partial charge in [-0.2, -0.15) is 0 Å². The van der Waals surface area contributed by atoms with Crippen LogP contribution in [0.2, 0.25) is 0 Å². The molecule has 4 nitrogen and oxygen atoms in total. The third kappa shape index (κ3) is 21.4. The molecule has 0 radical (unpaired) electrons. The van der Waals surface area contributed by atoms with E-state index in [0.29, 0.717) is 19.6 Å². The maximum atomic E-state index is 11.5. The summed E-state index contributed by atoms with van der Waals surface area (Å²) < 4.78 is 10.1. The second-order valence-corrected chi connectivity index (χ2v) is 7.73. The summed E-state index contributed by atoms with van der Waals surface area (Å²) in [6, 6.07) is 0. The van der Waals surface area contributed by atoms with Crippen LogP contribution in [-0.4, -0.2) is 37.5 Å².